The fourth-order valence-corrected chi connectivity index (χ4v) is 7.73. The maximum Gasteiger partial charge on any atom is 0.133 e. The van der Waals surface area contributed by atoms with Crippen LogP contribution < -0.4 is 21.4 Å². The number of fused-ring (bicyclic) bond motifs is 8. The van der Waals surface area contributed by atoms with Gasteiger partial charge in [0.1, 0.15) is 5.40 Å². The average molecular weight is 688 g/mol. The first-order valence-corrected chi connectivity index (χ1v) is 18.3. The predicted octanol–water partition coefficient (Wildman–Crippen LogP) is 7.02. The van der Waals surface area contributed by atoms with Gasteiger partial charge in [0.15, 0.2) is 0 Å². The second-order valence-electron chi connectivity index (χ2n) is 12.8. The fraction of sp³-hybridized carbons (Fsp3) is 0.0217. The van der Waals surface area contributed by atoms with Crippen molar-refractivity contribution in [2.45, 2.75) is 5.75 Å². The zero-order valence-corrected chi connectivity index (χ0v) is 29.0. The van der Waals surface area contributed by atoms with Gasteiger partial charge < -0.3 is 19.9 Å². The van der Waals surface area contributed by atoms with E-state index in [1.807, 2.05) is 0 Å². The minimum absolute atomic E-state index is 0.619. The van der Waals surface area contributed by atoms with Gasteiger partial charge in [0, 0.05) is 72.2 Å². The Kier molecular flexibility index (Phi) is 8.16. The summed E-state index contributed by atoms with van der Waals surface area (Å²) < 4.78 is 0. The largest absolute Gasteiger partial charge is 0.354 e. The summed E-state index contributed by atoms with van der Waals surface area (Å²) in [5.74, 6) is 0.619. The Morgan fingerprint density at radius 3 is 1.13 bits per heavy atom. The Balaban J connectivity index is 1.41. The number of nitrogens with zero attached hydrogens (tertiary/aromatic N) is 1. The molecule has 8 aromatic rings. The number of H-pyrrole nitrogens is 4. The van der Waals surface area contributed by atoms with Crippen LogP contribution in [0.1, 0.15) is 50.6 Å². The average Bonchev–Trinajstić information content (AvgIpc) is 4.03. The fourth-order valence-electron chi connectivity index (χ4n) is 7.32. The van der Waals surface area contributed by atoms with Gasteiger partial charge in [-0.15, -0.1) is 0 Å². The van der Waals surface area contributed by atoms with Crippen LogP contribution in [0.5, 0.6) is 0 Å². The van der Waals surface area contributed by atoms with Crippen LogP contribution >= 0.6 is 11.8 Å². The first kappa shape index (κ1) is 31.3. The number of benzene rings is 4. The number of aromatic amines is 4. The van der Waals surface area contributed by atoms with E-state index in [2.05, 4.69) is 189 Å². The van der Waals surface area contributed by atoms with Crippen LogP contribution in [0.3, 0.4) is 0 Å². The molecular weight excluding hydrogens is 655 g/mol. The van der Waals surface area contributed by atoms with Crippen molar-refractivity contribution in [3.8, 4) is 5.40 Å². The number of hydrogen-bond acceptors (Lipinski definition) is 2. The molecule has 0 unspecified atom stereocenters. The van der Waals surface area contributed by atoms with E-state index < -0.39 is 0 Å². The number of aromatic nitrogens is 4. The second kappa shape index (κ2) is 13.6. The van der Waals surface area contributed by atoms with Crippen LogP contribution in [0.2, 0.25) is 0 Å². The topological polar surface area (TPSA) is 86.9 Å². The Morgan fingerprint density at radius 2 is 0.750 bits per heavy atom. The van der Waals surface area contributed by atoms with Crippen molar-refractivity contribution in [1.82, 2.24) is 19.9 Å². The number of rotatable bonds is 6. The van der Waals surface area contributed by atoms with Gasteiger partial charge in [0.25, 0.3) is 0 Å². The molecule has 1 aliphatic heterocycles. The monoisotopic (exact) mass is 687 g/mol. The normalized spacial score (nSPS) is 12.6. The molecule has 8 bridgehead atoms. The van der Waals surface area contributed by atoms with Gasteiger partial charge in [-0.3, -0.25) is 0 Å². The van der Waals surface area contributed by atoms with Gasteiger partial charge in [-0.25, -0.2) is 0 Å². The van der Waals surface area contributed by atoms with Crippen LogP contribution in [0.15, 0.2) is 164 Å². The number of nitrogens with one attached hydrogen (secondary N) is 4. The third kappa shape index (κ3) is 5.83. The number of hydrogen-bond donors (Lipinski definition) is 4. The Hall–Kier alpha value is -6.68. The van der Waals surface area contributed by atoms with E-state index >= 15 is 0 Å². The molecule has 0 saturated heterocycles. The summed E-state index contributed by atoms with van der Waals surface area (Å²) in [4.78, 5) is 15.4. The van der Waals surface area contributed by atoms with Gasteiger partial charge in [-0.05, 0) is 88.1 Å². The number of thioether (sulfide) groups is 1. The lowest BCUT2D eigenvalue weighted by Crippen LogP contribution is -2.19. The molecule has 0 fully saturated rings. The summed E-state index contributed by atoms with van der Waals surface area (Å²) in [7, 11) is 0. The van der Waals surface area contributed by atoms with E-state index in [1.165, 1.54) is 11.8 Å². The van der Waals surface area contributed by atoms with Crippen molar-refractivity contribution >= 4 is 34.1 Å². The highest BCUT2D eigenvalue weighted by Gasteiger charge is 2.18. The Labute approximate surface area is 305 Å². The summed E-state index contributed by atoms with van der Waals surface area (Å²) in [5, 5.41) is 15.5. The molecule has 248 valence electrons. The predicted molar refractivity (Wildman–Crippen MR) is 211 cm³/mol. The first-order valence-electron chi connectivity index (χ1n) is 17.3. The van der Waals surface area contributed by atoms with Crippen LogP contribution in [0.4, 0.5) is 0 Å². The molecule has 0 atom stereocenters. The van der Waals surface area contributed by atoms with Crippen LogP contribution in [0.25, 0.3) is 22.3 Å². The third-order valence-corrected chi connectivity index (χ3v) is 10.2. The van der Waals surface area contributed by atoms with Crippen molar-refractivity contribution in [2.24, 2.45) is 0 Å². The maximum atomic E-state index is 9.30. The van der Waals surface area contributed by atoms with Crippen LogP contribution in [0, 0.1) is 10.7 Å². The summed E-state index contributed by atoms with van der Waals surface area (Å²) in [6, 6.07) is 57.6. The Bertz CT molecular complexity index is 2850. The van der Waals surface area contributed by atoms with Gasteiger partial charge in [-0.2, -0.15) is 5.26 Å². The molecule has 9 rings (SSSR count). The zero-order chi connectivity index (χ0) is 34.9. The van der Waals surface area contributed by atoms with Gasteiger partial charge in [0.2, 0.25) is 0 Å². The van der Waals surface area contributed by atoms with Crippen molar-refractivity contribution < 1.29 is 0 Å². The quantitative estimate of drug-likeness (QED) is 0.142. The third-order valence-electron chi connectivity index (χ3n) is 9.61. The molecule has 5 nitrogen and oxygen atoms in total. The molecule has 4 N–H and O–H groups in total. The van der Waals surface area contributed by atoms with E-state index in [1.54, 1.807) is 0 Å². The van der Waals surface area contributed by atoms with Gasteiger partial charge >= 0.3 is 0 Å². The van der Waals surface area contributed by atoms with Gasteiger partial charge in [0.05, 0.1) is 0 Å². The highest BCUT2D eigenvalue weighted by Crippen LogP contribution is 2.28. The molecule has 4 aromatic heterocycles. The van der Waals surface area contributed by atoms with Crippen molar-refractivity contribution in [1.29, 1.82) is 5.26 Å². The second-order valence-corrected chi connectivity index (χ2v) is 13.6. The highest BCUT2D eigenvalue weighted by molar-refractivity contribution is 8.02. The molecule has 1 aliphatic rings. The lowest BCUT2D eigenvalue weighted by atomic mass is 10.0. The van der Waals surface area contributed by atoms with E-state index in [0.717, 1.165) is 94.3 Å². The summed E-state index contributed by atoms with van der Waals surface area (Å²) in [5.41, 5.74) is 13.8. The SMILES string of the molecule is N#CSCc1cccc(C2=c3ccc([nH]3)=C(c3ccccc3)c3ccc([nH]3)C(c3ccccc3)=c3ccc([nH]3)=C(c3ccccc3)c3ccc2[nH]3)c1. The van der Waals surface area contributed by atoms with E-state index in [-0.39, 0.29) is 0 Å². The number of nitriles is 1. The Morgan fingerprint density at radius 1 is 0.385 bits per heavy atom. The minimum Gasteiger partial charge on any atom is -0.354 e. The molecule has 0 radical (unpaired) electrons. The molecule has 0 amide bonds. The lowest BCUT2D eigenvalue weighted by molar-refractivity contribution is 1.19. The molecule has 6 heteroatoms. The number of thiocyanates is 1. The van der Waals surface area contributed by atoms with E-state index in [9.17, 15) is 5.26 Å². The maximum absolute atomic E-state index is 9.30. The molecule has 4 aromatic carbocycles. The summed E-state index contributed by atoms with van der Waals surface area (Å²) in [6.45, 7) is 0. The molecule has 52 heavy (non-hydrogen) atoms. The van der Waals surface area contributed by atoms with E-state index in [0.29, 0.717) is 5.75 Å². The zero-order valence-electron chi connectivity index (χ0n) is 28.2. The molecule has 0 aliphatic carbocycles. The minimum atomic E-state index is 0.619. The molecule has 0 saturated carbocycles. The first-order chi connectivity index (χ1) is 25.7. The molecule has 5 heterocycles. The van der Waals surface area contributed by atoms with Crippen LogP contribution in [-0.2, 0) is 5.75 Å². The summed E-state index contributed by atoms with van der Waals surface area (Å²) >= 11 is 1.25. The molecule has 0 spiro atoms. The van der Waals surface area contributed by atoms with Crippen molar-refractivity contribution in [3.05, 3.63) is 236 Å². The highest BCUT2D eigenvalue weighted by atomic mass is 32.2. The lowest BCUT2D eigenvalue weighted by Gasteiger charge is -2.10. The van der Waals surface area contributed by atoms with Crippen molar-refractivity contribution in [2.75, 3.05) is 0 Å². The smallest absolute Gasteiger partial charge is 0.133 e. The summed E-state index contributed by atoms with van der Waals surface area (Å²) in [6.07, 6.45) is 0. The van der Waals surface area contributed by atoms with Crippen molar-refractivity contribution in [3.63, 3.8) is 0 Å². The van der Waals surface area contributed by atoms with Crippen LogP contribution in [-0.4, -0.2) is 19.9 Å². The van der Waals surface area contributed by atoms with Gasteiger partial charge in [-0.1, -0.05) is 115 Å². The molecular formula is C46H33N5S. The standard InChI is InChI=1S/C46H33N5S/c47-29-52-28-30-11-10-18-34(27-30)46-41-25-23-39(50-41)44(32-14-6-2-7-15-32)37-21-19-35(48-37)43(31-12-4-1-5-13-31)36-20-22-38(49-36)45(33-16-8-3-9-17-33)40-24-26-42(46)51-40/h1-27,48-51H,28H2. The van der Waals surface area contributed by atoms with E-state index in [4.69, 9.17) is 0 Å².